The van der Waals surface area contributed by atoms with Crippen molar-refractivity contribution in [2.75, 3.05) is 20.8 Å². The molecule has 0 aliphatic heterocycles. The van der Waals surface area contributed by atoms with Crippen LogP contribution < -0.4 is 9.47 Å². The van der Waals surface area contributed by atoms with Crippen molar-refractivity contribution in [1.29, 1.82) is 0 Å². The number of sulfone groups is 1. The van der Waals surface area contributed by atoms with Crippen molar-refractivity contribution in [2.45, 2.75) is 37.0 Å². The second-order valence-electron chi connectivity index (χ2n) is 6.98. The van der Waals surface area contributed by atoms with E-state index in [1.807, 2.05) is 13.0 Å². The fourth-order valence-electron chi connectivity index (χ4n) is 2.93. The quantitative estimate of drug-likeness (QED) is 0.565. The van der Waals surface area contributed by atoms with E-state index in [2.05, 4.69) is 15.9 Å². The van der Waals surface area contributed by atoms with Gasteiger partial charge in [-0.15, -0.1) is 0 Å². The molecule has 0 radical (unpaired) electrons. The van der Waals surface area contributed by atoms with Crippen LogP contribution in [-0.2, 0) is 21.2 Å². The molecule has 0 heterocycles. The van der Waals surface area contributed by atoms with Gasteiger partial charge >= 0.3 is 0 Å². The number of carbonyl (C=O) groups excluding carboxylic acids is 1. The number of nitrogens with zero attached hydrogens (tertiary/aromatic N) is 1. The zero-order chi connectivity index (χ0) is 21.8. The molecule has 8 heteroatoms. The van der Waals surface area contributed by atoms with Gasteiger partial charge < -0.3 is 14.4 Å². The molecule has 0 bridgehead atoms. The Bertz CT molecular complexity index is 971. The summed E-state index contributed by atoms with van der Waals surface area (Å²) < 4.78 is 36.0. The van der Waals surface area contributed by atoms with Crippen molar-refractivity contribution in [3.05, 3.63) is 52.5 Å². The third kappa shape index (κ3) is 4.75. The smallest absolute Gasteiger partial charge is 0.244 e. The lowest BCUT2D eigenvalue weighted by Gasteiger charge is -2.31. The topological polar surface area (TPSA) is 72.9 Å². The molecule has 2 aromatic rings. The second kappa shape index (κ2) is 9.17. The molecule has 6 nitrogen and oxygen atoms in total. The molecule has 0 saturated heterocycles. The summed E-state index contributed by atoms with van der Waals surface area (Å²) in [6.07, 6.45) is 0. The van der Waals surface area contributed by atoms with Crippen LogP contribution in [0.3, 0.4) is 0 Å². The first-order chi connectivity index (χ1) is 13.6. The molecule has 0 unspecified atom stereocenters. The van der Waals surface area contributed by atoms with Gasteiger partial charge in [-0.2, -0.15) is 0 Å². The summed E-state index contributed by atoms with van der Waals surface area (Å²) >= 11 is 3.30. The number of halogens is 1. The fourth-order valence-corrected chi connectivity index (χ4v) is 4.64. The van der Waals surface area contributed by atoms with Crippen molar-refractivity contribution in [2.24, 2.45) is 0 Å². The Balaban J connectivity index is 2.33. The lowest BCUT2D eigenvalue weighted by molar-refractivity contribution is -0.133. The number of rotatable bonds is 8. The van der Waals surface area contributed by atoms with Gasteiger partial charge in [0.1, 0.15) is 4.75 Å². The molecular weight excluding hydrogens is 458 g/mol. The van der Waals surface area contributed by atoms with Crippen molar-refractivity contribution < 1.29 is 22.7 Å². The summed E-state index contributed by atoms with van der Waals surface area (Å²) in [5.74, 6) is 0.678. The zero-order valence-electron chi connectivity index (χ0n) is 17.2. The SMILES string of the molecule is CCN(Cc1ccc(OC)c(OC)c1)C(=O)C(C)(C)S(=O)(=O)c1ccc(Br)cc1. The van der Waals surface area contributed by atoms with Crippen LogP contribution in [0, 0.1) is 0 Å². The zero-order valence-corrected chi connectivity index (χ0v) is 19.6. The van der Waals surface area contributed by atoms with Crippen molar-refractivity contribution >= 4 is 31.7 Å². The van der Waals surface area contributed by atoms with Crippen LogP contribution in [0.5, 0.6) is 11.5 Å². The Hall–Kier alpha value is -2.06. The van der Waals surface area contributed by atoms with E-state index in [0.29, 0.717) is 18.0 Å². The minimum Gasteiger partial charge on any atom is -0.493 e. The molecule has 0 fully saturated rings. The monoisotopic (exact) mass is 483 g/mol. The summed E-state index contributed by atoms with van der Waals surface area (Å²) in [4.78, 5) is 14.9. The molecule has 29 heavy (non-hydrogen) atoms. The highest BCUT2D eigenvalue weighted by atomic mass is 79.9. The first kappa shape index (κ1) is 23.2. The summed E-state index contributed by atoms with van der Waals surface area (Å²) in [5.41, 5.74) is 0.815. The van der Waals surface area contributed by atoms with E-state index in [-0.39, 0.29) is 11.4 Å². The molecule has 0 saturated carbocycles. The summed E-state index contributed by atoms with van der Waals surface area (Å²) in [5, 5.41) is 0. The van der Waals surface area contributed by atoms with E-state index in [1.54, 1.807) is 31.4 Å². The molecule has 0 aromatic heterocycles. The average molecular weight is 484 g/mol. The van der Waals surface area contributed by atoms with Crippen molar-refractivity contribution in [3.63, 3.8) is 0 Å². The highest BCUT2D eigenvalue weighted by Gasteiger charge is 2.44. The summed E-state index contributed by atoms with van der Waals surface area (Å²) in [6, 6.07) is 11.7. The maximum atomic E-state index is 13.2. The largest absolute Gasteiger partial charge is 0.493 e. The lowest BCUT2D eigenvalue weighted by atomic mass is 10.1. The van der Waals surface area contributed by atoms with Crippen LogP contribution in [0.25, 0.3) is 0 Å². The molecule has 0 spiro atoms. The average Bonchev–Trinajstić information content (AvgIpc) is 2.71. The number of methoxy groups -OCH3 is 2. The van der Waals surface area contributed by atoms with Crippen molar-refractivity contribution in [3.8, 4) is 11.5 Å². The van der Waals surface area contributed by atoms with E-state index < -0.39 is 20.5 Å². The summed E-state index contributed by atoms with van der Waals surface area (Å²) in [7, 11) is -0.792. The molecule has 158 valence electrons. The molecule has 2 rings (SSSR count). The molecule has 1 amide bonds. The van der Waals surface area contributed by atoms with Gasteiger partial charge in [0.25, 0.3) is 0 Å². The van der Waals surface area contributed by atoms with E-state index in [9.17, 15) is 13.2 Å². The highest BCUT2D eigenvalue weighted by molar-refractivity contribution is 9.10. The molecule has 0 N–H and O–H groups in total. The molecule has 0 aliphatic rings. The van der Waals surface area contributed by atoms with Crippen LogP contribution in [0.2, 0.25) is 0 Å². The Labute approximate surface area is 180 Å². The number of hydrogen-bond acceptors (Lipinski definition) is 5. The number of ether oxygens (including phenoxy) is 2. The van der Waals surface area contributed by atoms with E-state index in [0.717, 1.165) is 10.0 Å². The van der Waals surface area contributed by atoms with Gasteiger partial charge in [-0.05, 0) is 62.7 Å². The standard InChI is InChI=1S/C21H26BrNO5S/c1-6-23(14-15-7-12-18(27-4)19(13-15)28-5)20(24)21(2,3)29(25,26)17-10-8-16(22)9-11-17/h7-13H,6,14H2,1-5H3. The van der Waals surface area contributed by atoms with Gasteiger partial charge in [0.15, 0.2) is 21.3 Å². The molecule has 0 aliphatic carbocycles. The predicted octanol–water partition coefficient (Wildman–Crippen LogP) is 4.07. The van der Waals surface area contributed by atoms with Crippen LogP contribution in [0.4, 0.5) is 0 Å². The molecule has 0 atom stereocenters. The van der Waals surface area contributed by atoms with Crippen molar-refractivity contribution in [1.82, 2.24) is 4.90 Å². The predicted molar refractivity (Wildman–Crippen MR) is 116 cm³/mol. The maximum absolute atomic E-state index is 13.2. The lowest BCUT2D eigenvalue weighted by Crippen LogP contribution is -2.49. The van der Waals surface area contributed by atoms with E-state index in [4.69, 9.17) is 9.47 Å². The Morgan fingerprint density at radius 2 is 1.62 bits per heavy atom. The maximum Gasteiger partial charge on any atom is 0.244 e. The minimum atomic E-state index is -3.88. The third-order valence-electron chi connectivity index (χ3n) is 4.80. The van der Waals surface area contributed by atoms with Gasteiger partial charge in [0.2, 0.25) is 5.91 Å². The van der Waals surface area contributed by atoms with Gasteiger partial charge in [0, 0.05) is 17.6 Å². The second-order valence-corrected chi connectivity index (χ2v) is 10.4. The highest BCUT2D eigenvalue weighted by Crippen LogP contribution is 2.31. The van der Waals surface area contributed by atoms with E-state index in [1.165, 1.54) is 38.0 Å². The Morgan fingerprint density at radius 1 is 1.03 bits per heavy atom. The van der Waals surface area contributed by atoms with E-state index >= 15 is 0 Å². The Morgan fingerprint density at radius 3 is 2.14 bits per heavy atom. The first-order valence-electron chi connectivity index (χ1n) is 9.09. The van der Waals surface area contributed by atoms with Crippen LogP contribution in [0.1, 0.15) is 26.3 Å². The molecular formula is C21H26BrNO5S. The number of hydrogen-bond donors (Lipinski definition) is 0. The number of carbonyl (C=O) groups is 1. The number of benzene rings is 2. The van der Waals surface area contributed by atoms with Crippen LogP contribution in [-0.4, -0.2) is 44.7 Å². The van der Waals surface area contributed by atoms with Crippen LogP contribution in [0.15, 0.2) is 51.8 Å². The normalized spacial score (nSPS) is 11.8. The minimum absolute atomic E-state index is 0.112. The van der Waals surface area contributed by atoms with Crippen LogP contribution >= 0.6 is 15.9 Å². The number of amides is 1. The third-order valence-corrected chi connectivity index (χ3v) is 7.74. The summed E-state index contributed by atoms with van der Waals surface area (Å²) in [6.45, 7) is 5.34. The van der Waals surface area contributed by atoms with Gasteiger partial charge in [-0.1, -0.05) is 22.0 Å². The van der Waals surface area contributed by atoms with Gasteiger partial charge in [-0.25, -0.2) is 8.42 Å². The fraction of sp³-hybridized carbons (Fsp3) is 0.381. The molecule has 2 aromatic carbocycles. The first-order valence-corrected chi connectivity index (χ1v) is 11.4. The van der Waals surface area contributed by atoms with Gasteiger partial charge in [-0.3, -0.25) is 4.79 Å². The Kier molecular flexibility index (Phi) is 7.35. The van der Waals surface area contributed by atoms with Gasteiger partial charge in [0.05, 0.1) is 19.1 Å².